The molecule has 3 aliphatic rings. The standard InChI is InChI=1S/C24H28N4/c1-15(2)17-10-11-28(14-17)18-9-8-16-12-20(24(25)26-21(16)13-18)23-19-6-4-5-7-22(19)27(23)3/h4-9,12-13,15,17,24H,10-11,14,25H2,1-3H3/p+1. The van der Waals surface area contributed by atoms with E-state index in [1.807, 2.05) is 0 Å². The Labute approximate surface area is 167 Å². The van der Waals surface area contributed by atoms with Gasteiger partial charge in [0.1, 0.15) is 18.8 Å². The van der Waals surface area contributed by atoms with Gasteiger partial charge in [0, 0.05) is 30.5 Å². The van der Waals surface area contributed by atoms with Gasteiger partial charge in [-0.15, -0.1) is 0 Å². The second-order valence-corrected chi connectivity index (χ2v) is 8.66. The fraction of sp³-hybridized carbons (Fsp3) is 0.375. The minimum Gasteiger partial charge on any atom is -0.371 e. The van der Waals surface area contributed by atoms with Crippen LogP contribution in [0.3, 0.4) is 0 Å². The van der Waals surface area contributed by atoms with E-state index >= 15 is 0 Å². The van der Waals surface area contributed by atoms with Crippen molar-refractivity contribution >= 4 is 28.8 Å². The summed E-state index contributed by atoms with van der Waals surface area (Å²) in [6.07, 6.45) is 3.34. The topological polar surface area (TPSA) is 44.3 Å². The summed E-state index contributed by atoms with van der Waals surface area (Å²) < 4.78 is 2.23. The van der Waals surface area contributed by atoms with Gasteiger partial charge in [-0.2, -0.15) is 4.58 Å². The van der Waals surface area contributed by atoms with E-state index in [2.05, 4.69) is 84.2 Å². The zero-order valence-corrected chi connectivity index (χ0v) is 16.9. The van der Waals surface area contributed by atoms with Crippen molar-refractivity contribution in [2.75, 3.05) is 30.4 Å². The lowest BCUT2D eigenvalue weighted by Gasteiger charge is -2.29. The van der Waals surface area contributed by atoms with Gasteiger partial charge in [0.15, 0.2) is 0 Å². The van der Waals surface area contributed by atoms with Gasteiger partial charge in [-0.3, -0.25) is 0 Å². The van der Waals surface area contributed by atoms with Crippen LogP contribution in [0.25, 0.3) is 6.08 Å². The molecule has 0 bridgehead atoms. The van der Waals surface area contributed by atoms with E-state index in [1.165, 1.54) is 34.6 Å². The highest BCUT2D eigenvalue weighted by Crippen LogP contribution is 2.37. The molecule has 1 fully saturated rings. The van der Waals surface area contributed by atoms with Crippen LogP contribution >= 0.6 is 0 Å². The third-order valence-corrected chi connectivity index (χ3v) is 6.66. The van der Waals surface area contributed by atoms with Gasteiger partial charge in [-0.05, 0) is 48.1 Å². The summed E-state index contributed by atoms with van der Waals surface area (Å²) in [5.74, 6) is 1.54. The summed E-state index contributed by atoms with van der Waals surface area (Å²) >= 11 is 0. The fourth-order valence-corrected chi connectivity index (χ4v) is 4.84. The molecule has 0 spiro atoms. The van der Waals surface area contributed by atoms with Gasteiger partial charge >= 0.3 is 0 Å². The van der Waals surface area contributed by atoms with Gasteiger partial charge < -0.3 is 16.0 Å². The van der Waals surface area contributed by atoms with Crippen molar-refractivity contribution < 1.29 is 4.58 Å². The van der Waals surface area contributed by atoms with Crippen LogP contribution in [-0.2, 0) is 0 Å². The Morgan fingerprint density at radius 2 is 2.00 bits per heavy atom. The quantitative estimate of drug-likeness (QED) is 0.798. The van der Waals surface area contributed by atoms with Gasteiger partial charge in [-0.25, -0.2) is 0 Å². The molecule has 4 nitrogen and oxygen atoms in total. The number of benzene rings is 2. The Morgan fingerprint density at radius 3 is 2.79 bits per heavy atom. The van der Waals surface area contributed by atoms with Crippen molar-refractivity contribution in [2.45, 2.75) is 26.4 Å². The maximum atomic E-state index is 6.55. The van der Waals surface area contributed by atoms with Crippen LogP contribution in [0.15, 0.2) is 48.0 Å². The van der Waals surface area contributed by atoms with Crippen molar-refractivity contribution in [1.29, 1.82) is 0 Å². The second kappa shape index (κ2) is 6.49. The number of nitrogens with two attached hydrogens (primary N) is 1. The Balaban J connectivity index is 1.45. The smallest absolute Gasteiger partial charge is 0.226 e. The first kappa shape index (κ1) is 17.5. The molecule has 0 saturated carbocycles. The molecule has 0 aromatic heterocycles. The molecule has 0 aliphatic carbocycles. The van der Waals surface area contributed by atoms with Crippen molar-refractivity contribution in [3.63, 3.8) is 0 Å². The van der Waals surface area contributed by atoms with Crippen molar-refractivity contribution in [3.05, 3.63) is 59.2 Å². The lowest BCUT2D eigenvalue weighted by molar-refractivity contribution is -0.417. The first-order chi connectivity index (χ1) is 13.5. The van der Waals surface area contributed by atoms with E-state index in [4.69, 9.17) is 5.73 Å². The minimum atomic E-state index is -0.199. The predicted octanol–water partition coefficient (Wildman–Crippen LogP) is 4.04. The minimum absolute atomic E-state index is 0.199. The number of nitrogens with zero attached hydrogens (tertiary/aromatic N) is 2. The van der Waals surface area contributed by atoms with Gasteiger partial charge in [0.2, 0.25) is 11.4 Å². The highest BCUT2D eigenvalue weighted by atomic mass is 15.2. The van der Waals surface area contributed by atoms with E-state index in [0.29, 0.717) is 0 Å². The molecule has 3 aliphatic heterocycles. The molecule has 2 unspecified atom stereocenters. The fourth-order valence-electron chi connectivity index (χ4n) is 4.84. The maximum absolute atomic E-state index is 6.55. The zero-order valence-electron chi connectivity index (χ0n) is 16.9. The number of para-hydroxylation sites is 1. The SMILES string of the molecule is CC(C)C1CCN(c2ccc3c(c2)NC(N)C(C2=[N+](C)c4ccccc42)=C3)C1. The summed E-state index contributed by atoms with van der Waals surface area (Å²) in [5.41, 5.74) is 15.1. The van der Waals surface area contributed by atoms with Crippen LogP contribution in [-0.4, -0.2) is 36.6 Å². The molecule has 28 heavy (non-hydrogen) atoms. The Kier molecular flexibility index (Phi) is 4.06. The van der Waals surface area contributed by atoms with E-state index in [0.717, 1.165) is 36.2 Å². The first-order valence-electron chi connectivity index (χ1n) is 10.4. The Bertz CT molecular complexity index is 1000. The largest absolute Gasteiger partial charge is 0.371 e. The predicted molar refractivity (Wildman–Crippen MR) is 118 cm³/mol. The lowest BCUT2D eigenvalue weighted by atomic mass is 9.89. The number of rotatable bonds is 3. The third-order valence-electron chi connectivity index (χ3n) is 6.66. The molecule has 2 aromatic carbocycles. The van der Waals surface area contributed by atoms with Crippen LogP contribution in [0.2, 0.25) is 0 Å². The molecule has 144 valence electrons. The molecule has 2 atom stereocenters. The van der Waals surface area contributed by atoms with Gasteiger partial charge in [-0.1, -0.05) is 32.0 Å². The zero-order chi connectivity index (χ0) is 19.4. The van der Waals surface area contributed by atoms with E-state index in [-0.39, 0.29) is 6.17 Å². The second-order valence-electron chi connectivity index (χ2n) is 8.66. The van der Waals surface area contributed by atoms with Crippen LogP contribution in [0, 0.1) is 11.8 Å². The van der Waals surface area contributed by atoms with E-state index in [1.54, 1.807) is 0 Å². The molecule has 2 aromatic rings. The number of anilines is 2. The molecule has 4 heteroatoms. The summed E-state index contributed by atoms with van der Waals surface area (Å²) in [7, 11) is 2.11. The molecule has 5 rings (SSSR count). The van der Waals surface area contributed by atoms with Crippen LogP contribution in [0.5, 0.6) is 0 Å². The molecular weight excluding hydrogens is 344 g/mol. The molecule has 0 amide bonds. The normalized spacial score (nSPS) is 23.2. The summed E-state index contributed by atoms with van der Waals surface area (Å²) in [6.45, 7) is 6.97. The highest BCUT2D eigenvalue weighted by molar-refractivity contribution is 6.19. The van der Waals surface area contributed by atoms with Crippen LogP contribution in [0.1, 0.15) is 31.4 Å². The summed E-state index contributed by atoms with van der Waals surface area (Å²) in [5, 5.41) is 3.54. The highest BCUT2D eigenvalue weighted by Gasteiger charge is 2.38. The van der Waals surface area contributed by atoms with Crippen LogP contribution < -0.4 is 16.0 Å². The number of fused-ring (bicyclic) bond motifs is 2. The Hall–Kier alpha value is -2.59. The number of hydrogen-bond acceptors (Lipinski definition) is 3. The maximum Gasteiger partial charge on any atom is 0.226 e. The van der Waals surface area contributed by atoms with Gasteiger partial charge in [0.05, 0.1) is 5.57 Å². The number of nitrogens with one attached hydrogen (secondary N) is 1. The van der Waals surface area contributed by atoms with Gasteiger partial charge in [0.25, 0.3) is 0 Å². The van der Waals surface area contributed by atoms with E-state index < -0.39 is 0 Å². The first-order valence-corrected chi connectivity index (χ1v) is 10.4. The summed E-state index contributed by atoms with van der Waals surface area (Å²) in [4.78, 5) is 2.52. The van der Waals surface area contributed by atoms with Crippen LogP contribution in [0.4, 0.5) is 17.1 Å². The van der Waals surface area contributed by atoms with Crippen molar-refractivity contribution in [1.82, 2.24) is 0 Å². The van der Waals surface area contributed by atoms with Crippen molar-refractivity contribution in [2.24, 2.45) is 17.6 Å². The van der Waals surface area contributed by atoms with E-state index in [9.17, 15) is 0 Å². The Morgan fingerprint density at radius 1 is 1.18 bits per heavy atom. The monoisotopic (exact) mass is 373 g/mol. The van der Waals surface area contributed by atoms with Crippen molar-refractivity contribution in [3.8, 4) is 0 Å². The lowest BCUT2D eigenvalue weighted by Crippen LogP contribution is -2.41. The molecule has 0 radical (unpaired) electrons. The average Bonchev–Trinajstić information content (AvgIpc) is 3.18. The third kappa shape index (κ3) is 2.67. The molecule has 1 saturated heterocycles. The summed E-state index contributed by atoms with van der Waals surface area (Å²) in [6, 6.07) is 15.3. The number of hydrogen-bond donors (Lipinski definition) is 2. The average molecular weight is 374 g/mol. The molecule has 3 heterocycles. The molecule has 3 N–H and O–H groups in total. The molecular formula is C24H29N4+.